The monoisotopic (exact) mass is 321 g/mol. The van der Waals surface area contributed by atoms with Crippen LogP contribution in [0.2, 0.25) is 0 Å². The van der Waals surface area contributed by atoms with E-state index in [4.69, 9.17) is 4.84 Å². The van der Waals surface area contributed by atoms with Gasteiger partial charge in [-0.3, -0.25) is 0 Å². The molecule has 0 N–H and O–H groups in total. The van der Waals surface area contributed by atoms with Crippen LogP contribution in [0.3, 0.4) is 0 Å². The Kier molecular flexibility index (Phi) is 6.08. The van der Waals surface area contributed by atoms with Crippen molar-refractivity contribution >= 4 is 0 Å². The van der Waals surface area contributed by atoms with Crippen LogP contribution in [0.25, 0.3) is 0 Å². The topological polar surface area (TPSA) is 12.5 Å². The summed E-state index contributed by atoms with van der Waals surface area (Å²) in [7, 11) is 0. The second-order valence-corrected chi connectivity index (χ2v) is 6.45. The first-order chi connectivity index (χ1) is 11.9. The second-order valence-electron chi connectivity index (χ2n) is 6.45. The average molecular weight is 321 g/mol. The van der Waals surface area contributed by atoms with Crippen LogP contribution >= 0.6 is 0 Å². The summed E-state index contributed by atoms with van der Waals surface area (Å²) in [4.78, 5) is 6.21. The summed E-state index contributed by atoms with van der Waals surface area (Å²) in [5.41, 5.74) is 2.57. The molecule has 2 heteroatoms. The van der Waals surface area contributed by atoms with Crippen molar-refractivity contribution in [3.05, 3.63) is 83.6 Å². The molecule has 0 fully saturated rings. The largest absolute Gasteiger partial charge is 0.409 e. The highest BCUT2D eigenvalue weighted by Gasteiger charge is 2.28. The Morgan fingerprint density at radius 1 is 0.875 bits per heavy atom. The zero-order valence-electron chi connectivity index (χ0n) is 14.5. The third-order valence-electron chi connectivity index (χ3n) is 4.49. The zero-order valence-corrected chi connectivity index (χ0v) is 14.5. The first-order valence-electron chi connectivity index (χ1n) is 9.11. The van der Waals surface area contributed by atoms with Gasteiger partial charge in [0.2, 0.25) is 0 Å². The molecule has 0 saturated carbocycles. The summed E-state index contributed by atoms with van der Waals surface area (Å²) < 4.78 is 0. The number of benzene rings is 2. The Hall–Kier alpha value is -2.06. The third-order valence-corrected chi connectivity index (χ3v) is 4.49. The lowest BCUT2D eigenvalue weighted by Gasteiger charge is -2.23. The van der Waals surface area contributed by atoms with E-state index < -0.39 is 0 Å². The lowest BCUT2D eigenvalue weighted by molar-refractivity contribution is -0.129. The van der Waals surface area contributed by atoms with Crippen LogP contribution in [0.15, 0.2) is 72.5 Å². The van der Waals surface area contributed by atoms with Gasteiger partial charge in [-0.15, -0.1) is 5.06 Å². The second kappa shape index (κ2) is 8.70. The minimum Gasteiger partial charge on any atom is -0.409 e. The van der Waals surface area contributed by atoms with Gasteiger partial charge in [0.15, 0.2) is 0 Å². The molecule has 1 atom stereocenters. The quantitative estimate of drug-likeness (QED) is 0.550. The van der Waals surface area contributed by atoms with Gasteiger partial charge in [0.05, 0.1) is 12.6 Å². The highest BCUT2D eigenvalue weighted by Crippen LogP contribution is 2.34. The Bertz CT molecular complexity index is 636. The zero-order chi connectivity index (χ0) is 16.6. The fourth-order valence-electron chi connectivity index (χ4n) is 3.16. The molecule has 1 heterocycles. The van der Waals surface area contributed by atoms with Gasteiger partial charge in [-0.1, -0.05) is 86.8 Å². The van der Waals surface area contributed by atoms with E-state index in [0.717, 1.165) is 18.7 Å². The molecule has 0 radical (unpaired) electrons. The van der Waals surface area contributed by atoms with E-state index in [2.05, 4.69) is 78.7 Å². The first-order valence-corrected chi connectivity index (χ1v) is 9.11. The number of rotatable bonds is 8. The highest BCUT2D eigenvalue weighted by molar-refractivity contribution is 5.26. The normalized spacial score (nSPS) is 17.5. The molecule has 24 heavy (non-hydrogen) atoms. The Morgan fingerprint density at radius 2 is 1.58 bits per heavy atom. The average Bonchev–Trinajstić information content (AvgIpc) is 3.03. The Balaban J connectivity index is 1.70. The van der Waals surface area contributed by atoms with Gasteiger partial charge in [0, 0.05) is 6.42 Å². The Morgan fingerprint density at radius 3 is 2.29 bits per heavy atom. The minimum atomic E-state index is 0.201. The van der Waals surface area contributed by atoms with Crippen molar-refractivity contribution in [2.75, 3.05) is 0 Å². The minimum absolute atomic E-state index is 0.201. The smallest absolute Gasteiger partial charge is 0.122 e. The lowest BCUT2D eigenvalue weighted by Crippen LogP contribution is -2.22. The van der Waals surface area contributed by atoms with Gasteiger partial charge in [-0.25, -0.2) is 0 Å². The van der Waals surface area contributed by atoms with E-state index in [9.17, 15) is 0 Å². The molecule has 0 aliphatic carbocycles. The fourth-order valence-corrected chi connectivity index (χ4v) is 3.16. The lowest BCUT2D eigenvalue weighted by atomic mass is 10.0. The summed E-state index contributed by atoms with van der Waals surface area (Å²) in [5.74, 6) is 1.12. The molecule has 3 rings (SSSR count). The van der Waals surface area contributed by atoms with Gasteiger partial charge >= 0.3 is 0 Å². The van der Waals surface area contributed by atoms with Gasteiger partial charge in [-0.2, -0.15) is 0 Å². The molecule has 1 aliphatic rings. The predicted molar refractivity (Wildman–Crippen MR) is 99.1 cm³/mol. The maximum absolute atomic E-state index is 6.21. The van der Waals surface area contributed by atoms with E-state index in [1.807, 2.05) is 0 Å². The summed E-state index contributed by atoms with van der Waals surface area (Å²) in [6, 6.07) is 21.4. The standard InChI is InChI=1S/C22H27NO/c1-2-3-4-11-16-21-17-22(20-14-9-6-10-15-20)23(24-21)18-19-12-7-5-8-13-19/h5-10,12-15,17,22H,2-4,11,16,18H2,1H3/t22-/m0/s1. The van der Waals surface area contributed by atoms with Gasteiger partial charge in [-0.05, 0) is 23.6 Å². The highest BCUT2D eigenvalue weighted by atomic mass is 16.7. The van der Waals surface area contributed by atoms with Gasteiger partial charge < -0.3 is 4.84 Å². The fraction of sp³-hybridized carbons (Fsp3) is 0.364. The van der Waals surface area contributed by atoms with Crippen molar-refractivity contribution in [3.63, 3.8) is 0 Å². The van der Waals surface area contributed by atoms with Crippen LogP contribution in [0.1, 0.15) is 56.2 Å². The van der Waals surface area contributed by atoms with Crippen LogP contribution in [0, 0.1) is 0 Å². The molecular formula is C22H27NO. The van der Waals surface area contributed by atoms with Gasteiger partial charge in [0.1, 0.15) is 5.76 Å². The SMILES string of the molecule is CCCCCCC1=C[C@@H](c2ccccc2)N(Cc2ccccc2)O1. The molecule has 0 aromatic heterocycles. The van der Waals surface area contributed by atoms with Crippen LogP contribution in [-0.2, 0) is 11.4 Å². The van der Waals surface area contributed by atoms with Crippen LogP contribution in [-0.4, -0.2) is 5.06 Å². The van der Waals surface area contributed by atoms with Crippen molar-refractivity contribution < 1.29 is 4.84 Å². The van der Waals surface area contributed by atoms with Crippen molar-refractivity contribution in [1.82, 2.24) is 5.06 Å². The summed E-state index contributed by atoms with van der Waals surface area (Å²) in [6.45, 7) is 3.05. The number of allylic oxidation sites excluding steroid dienone is 1. The molecule has 0 amide bonds. The van der Waals surface area contributed by atoms with Crippen molar-refractivity contribution in [2.45, 2.75) is 51.6 Å². The molecular weight excluding hydrogens is 294 g/mol. The summed E-state index contributed by atoms with van der Waals surface area (Å²) >= 11 is 0. The maximum Gasteiger partial charge on any atom is 0.122 e. The predicted octanol–water partition coefficient (Wildman–Crippen LogP) is 6.03. The molecule has 2 aromatic carbocycles. The third kappa shape index (κ3) is 4.48. The number of hydrogen-bond donors (Lipinski definition) is 0. The molecule has 2 aromatic rings. The maximum atomic E-state index is 6.21. The van der Waals surface area contributed by atoms with Crippen LogP contribution in [0.4, 0.5) is 0 Å². The van der Waals surface area contributed by atoms with E-state index >= 15 is 0 Å². The van der Waals surface area contributed by atoms with E-state index in [0.29, 0.717) is 0 Å². The van der Waals surface area contributed by atoms with Crippen molar-refractivity contribution in [1.29, 1.82) is 0 Å². The molecule has 0 spiro atoms. The molecule has 0 unspecified atom stereocenters. The molecule has 0 saturated heterocycles. The van der Waals surface area contributed by atoms with Gasteiger partial charge in [0.25, 0.3) is 0 Å². The number of hydroxylamine groups is 2. The molecule has 1 aliphatic heterocycles. The molecule has 126 valence electrons. The molecule has 0 bridgehead atoms. The van der Waals surface area contributed by atoms with Crippen molar-refractivity contribution in [2.24, 2.45) is 0 Å². The summed E-state index contributed by atoms with van der Waals surface area (Å²) in [6.07, 6.45) is 8.40. The van der Waals surface area contributed by atoms with E-state index in [1.54, 1.807) is 0 Å². The number of hydrogen-bond acceptors (Lipinski definition) is 2. The molecule has 2 nitrogen and oxygen atoms in total. The number of unbranched alkanes of at least 4 members (excludes halogenated alkanes) is 3. The first kappa shape index (κ1) is 16.8. The van der Waals surface area contributed by atoms with E-state index in [1.165, 1.54) is 36.8 Å². The van der Waals surface area contributed by atoms with Crippen LogP contribution in [0.5, 0.6) is 0 Å². The number of nitrogens with zero attached hydrogens (tertiary/aromatic N) is 1. The van der Waals surface area contributed by atoms with E-state index in [-0.39, 0.29) is 6.04 Å². The van der Waals surface area contributed by atoms with Crippen molar-refractivity contribution in [3.8, 4) is 0 Å². The Labute approximate surface area is 145 Å². The summed E-state index contributed by atoms with van der Waals surface area (Å²) in [5, 5.41) is 2.11. The van der Waals surface area contributed by atoms with Crippen LogP contribution < -0.4 is 0 Å².